The summed E-state index contributed by atoms with van der Waals surface area (Å²) in [5, 5.41) is 1.14. The second-order valence-electron chi connectivity index (χ2n) is 6.34. The molecule has 170 valence electrons. The fraction of sp³-hybridized carbons (Fsp3) is 0.800. The number of carbonyl (C=O) groups excluding carboxylic acids is 1. The van der Waals surface area contributed by atoms with Crippen molar-refractivity contribution in [3.63, 3.8) is 0 Å². The highest BCUT2D eigenvalue weighted by atomic mass is 19.4. The van der Waals surface area contributed by atoms with E-state index in [1.807, 2.05) is 0 Å². The van der Waals surface area contributed by atoms with Crippen LogP contribution in [0.2, 0.25) is 0 Å². The summed E-state index contributed by atoms with van der Waals surface area (Å²) in [5.41, 5.74) is 0.639. The van der Waals surface area contributed by atoms with Crippen LogP contribution in [0.25, 0.3) is 0 Å². The van der Waals surface area contributed by atoms with Crippen LogP contribution in [-0.2, 0) is 4.79 Å². The number of halogens is 12. The first-order valence-electron chi connectivity index (χ1n) is 8.08. The van der Waals surface area contributed by atoms with Gasteiger partial charge in [-0.15, -0.1) is 0 Å². The molecule has 0 fully saturated rings. The smallest absolute Gasteiger partial charge is 0.350 e. The van der Waals surface area contributed by atoms with Crippen molar-refractivity contribution in [1.82, 2.24) is 5.32 Å². The number of amides is 1. The highest BCUT2D eigenvalue weighted by Crippen LogP contribution is 2.58. The van der Waals surface area contributed by atoms with Gasteiger partial charge in [-0.2, -0.15) is 43.9 Å². The predicted molar refractivity (Wildman–Crippen MR) is 74.9 cm³/mol. The van der Waals surface area contributed by atoms with Crippen LogP contribution in [0.3, 0.4) is 0 Å². The van der Waals surface area contributed by atoms with Gasteiger partial charge in [0.2, 0.25) is 0 Å². The van der Waals surface area contributed by atoms with Gasteiger partial charge in [-0.05, 0) is 32.1 Å². The van der Waals surface area contributed by atoms with E-state index in [1.165, 1.54) is 0 Å². The van der Waals surface area contributed by atoms with Crippen LogP contribution in [0.4, 0.5) is 52.7 Å². The van der Waals surface area contributed by atoms with E-state index < -0.39 is 48.5 Å². The van der Waals surface area contributed by atoms with Gasteiger partial charge in [-0.25, -0.2) is 8.78 Å². The molecule has 1 N–H and O–H groups in total. The lowest BCUT2D eigenvalue weighted by Crippen LogP contribution is -2.70. The van der Waals surface area contributed by atoms with Gasteiger partial charge >= 0.3 is 36.0 Å². The van der Waals surface area contributed by atoms with Crippen LogP contribution in [0.15, 0.2) is 11.6 Å². The average Bonchev–Trinajstić information content (AvgIpc) is 2.61. The lowest BCUT2D eigenvalue weighted by atomic mass is 9.94. The Labute approximate surface area is 156 Å². The molecule has 29 heavy (non-hydrogen) atoms. The molecule has 0 bridgehead atoms. The molecule has 0 unspecified atom stereocenters. The summed E-state index contributed by atoms with van der Waals surface area (Å²) in [6, 6.07) is 0. The van der Waals surface area contributed by atoms with E-state index in [4.69, 9.17) is 0 Å². The standard InChI is InChI=1S/C15H15F12NO/c16-9(17)11(18,19)13(22,23)15(26,27)14(24,25)12(20,21)10(29)28-7-6-8-4-2-1-3-5-8/h4,9H,1-3,5-7H2,(H,28,29). The molecule has 0 atom stereocenters. The van der Waals surface area contributed by atoms with Gasteiger partial charge in [-0.1, -0.05) is 11.6 Å². The van der Waals surface area contributed by atoms with Gasteiger partial charge in [0.25, 0.3) is 5.91 Å². The minimum absolute atomic E-state index is 0.136. The van der Waals surface area contributed by atoms with E-state index in [0.717, 1.165) is 11.7 Å². The van der Waals surface area contributed by atoms with Crippen molar-refractivity contribution in [3.05, 3.63) is 11.6 Å². The van der Waals surface area contributed by atoms with E-state index >= 15 is 0 Å². The van der Waals surface area contributed by atoms with Crippen LogP contribution >= 0.6 is 0 Å². The number of nitrogens with one attached hydrogen (secondary N) is 1. The Hall–Kier alpha value is -1.63. The Morgan fingerprint density at radius 1 is 0.897 bits per heavy atom. The third-order valence-electron chi connectivity index (χ3n) is 4.28. The second-order valence-corrected chi connectivity index (χ2v) is 6.34. The van der Waals surface area contributed by atoms with Crippen molar-refractivity contribution in [1.29, 1.82) is 0 Å². The average molecular weight is 453 g/mol. The van der Waals surface area contributed by atoms with Gasteiger partial charge in [0.15, 0.2) is 0 Å². The normalized spacial score (nSPS) is 17.3. The minimum Gasteiger partial charge on any atom is -0.350 e. The van der Waals surface area contributed by atoms with Crippen molar-refractivity contribution in [2.45, 2.75) is 68.1 Å². The third kappa shape index (κ3) is 4.30. The quantitative estimate of drug-likeness (QED) is 0.366. The second kappa shape index (κ2) is 8.25. The van der Waals surface area contributed by atoms with E-state index in [-0.39, 0.29) is 6.42 Å². The van der Waals surface area contributed by atoms with Gasteiger partial charge in [0.05, 0.1) is 0 Å². The van der Waals surface area contributed by atoms with Crippen molar-refractivity contribution < 1.29 is 57.5 Å². The molecule has 0 saturated carbocycles. The maximum Gasteiger partial charge on any atom is 0.392 e. The molecule has 0 heterocycles. The molecule has 1 aliphatic rings. The molecule has 0 aliphatic heterocycles. The van der Waals surface area contributed by atoms with Crippen LogP contribution in [-0.4, -0.2) is 48.5 Å². The molecule has 0 radical (unpaired) electrons. The number of hydrogen-bond acceptors (Lipinski definition) is 1. The van der Waals surface area contributed by atoms with Crippen molar-refractivity contribution in [2.24, 2.45) is 0 Å². The topological polar surface area (TPSA) is 29.1 Å². The summed E-state index contributed by atoms with van der Waals surface area (Å²) in [4.78, 5) is 11.2. The van der Waals surface area contributed by atoms with Gasteiger partial charge in [0.1, 0.15) is 0 Å². The molecule has 0 saturated heterocycles. The number of allylic oxidation sites excluding steroid dienone is 1. The number of rotatable bonds is 9. The molecule has 14 heteroatoms. The lowest BCUT2D eigenvalue weighted by molar-refractivity contribution is -0.407. The molecular formula is C15H15F12NO. The molecule has 0 aromatic carbocycles. The zero-order valence-electron chi connectivity index (χ0n) is 14.3. The van der Waals surface area contributed by atoms with E-state index in [9.17, 15) is 57.5 Å². The van der Waals surface area contributed by atoms with Crippen LogP contribution in [0, 0.1) is 0 Å². The minimum atomic E-state index is -7.70. The van der Waals surface area contributed by atoms with Crippen molar-refractivity contribution >= 4 is 5.91 Å². The Kier molecular flexibility index (Phi) is 7.22. The third-order valence-corrected chi connectivity index (χ3v) is 4.28. The van der Waals surface area contributed by atoms with Gasteiger partial charge in [0, 0.05) is 6.54 Å². The Balaban J connectivity index is 3.03. The number of hydrogen-bond donors (Lipinski definition) is 1. The van der Waals surface area contributed by atoms with Gasteiger partial charge in [-0.3, -0.25) is 4.79 Å². The first kappa shape index (κ1) is 25.4. The van der Waals surface area contributed by atoms with E-state index in [2.05, 4.69) is 0 Å². The zero-order chi connectivity index (χ0) is 22.9. The Morgan fingerprint density at radius 2 is 1.45 bits per heavy atom. The zero-order valence-corrected chi connectivity index (χ0v) is 14.3. The molecule has 1 amide bonds. The first-order chi connectivity index (χ1) is 12.9. The maximum absolute atomic E-state index is 13.6. The number of carbonyl (C=O) groups is 1. The van der Waals surface area contributed by atoms with Crippen molar-refractivity contribution in [2.75, 3.05) is 6.54 Å². The maximum atomic E-state index is 13.6. The molecule has 0 aromatic heterocycles. The Bertz CT molecular complexity index is 629. The Morgan fingerprint density at radius 3 is 1.90 bits per heavy atom. The molecule has 0 spiro atoms. The van der Waals surface area contributed by atoms with Crippen LogP contribution in [0.5, 0.6) is 0 Å². The fourth-order valence-electron chi connectivity index (χ4n) is 2.46. The summed E-state index contributed by atoms with van der Waals surface area (Å²) in [6.45, 7) is -0.758. The molecule has 1 rings (SSSR count). The summed E-state index contributed by atoms with van der Waals surface area (Å²) < 4.78 is 156. The lowest BCUT2D eigenvalue weighted by Gasteiger charge is -2.38. The largest absolute Gasteiger partial charge is 0.392 e. The molecule has 0 aromatic rings. The monoisotopic (exact) mass is 453 g/mol. The van der Waals surface area contributed by atoms with Crippen molar-refractivity contribution in [3.8, 4) is 0 Å². The summed E-state index contributed by atoms with van der Waals surface area (Å²) in [5.74, 6) is -39.6. The highest BCUT2D eigenvalue weighted by Gasteiger charge is 2.89. The first-order valence-corrected chi connectivity index (χ1v) is 8.08. The van der Waals surface area contributed by atoms with Crippen LogP contribution in [0.1, 0.15) is 32.1 Å². The molecule has 2 nitrogen and oxygen atoms in total. The van der Waals surface area contributed by atoms with E-state index in [1.54, 1.807) is 6.08 Å². The SMILES string of the molecule is O=C(NCCC1=CCCCC1)C(F)(F)C(F)(F)C(F)(F)C(F)(F)C(F)(F)C(F)F. The highest BCUT2D eigenvalue weighted by molar-refractivity contribution is 5.84. The summed E-state index contributed by atoms with van der Waals surface area (Å²) >= 11 is 0. The summed E-state index contributed by atoms with van der Waals surface area (Å²) in [6.07, 6.45) is -1.38. The predicted octanol–water partition coefficient (Wildman–Crippen LogP) is 5.43. The van der Waals surface area contributed by atoms with Gasteiger partial charge < -0.3 is 5.32 Å². The van der Waals surface area contributed by atoms with E-state index in [0.29, 0.717) is 24.8 Å². The summed E-state index contributed by atoms with van der Waals surface area (Å²) in [7, 11) is 0. The molecular weight excluding hydrogens is 438 g/mol. The fourth-order valence-corrected chi connectivity index (χ4v) is 2.46. The van der Waals surface area contributed by atoms with Crippen LogP contribution < -0.4 is 5.32 Å². The molecule has 1 aliphatic carbocycles. The number of alkyl halides is 12.